The maximum atomic E-state index is 13.2. The van der Waals surface area contributed by atoms with Crippen LogP contribution in [0.1, 0.15) is 21.5 Å². The zero-order valence-electron chi connectivity index (χ0n) is 17.0. The van der Waals surface area contributed by atoms with E-state index in [0.29, 0.717) is 57.7 Å². The second-order valence-corrected chi connectivity index (χ2v) is 7.48. The first-order chi connectivity index (χ1) is 14.9. The van der Waals surface area contributed by atoms with E-state index in [1.807, 2.05) is 0 Å². The van der Waals surface area contributed by atoms with Gasteiger partial charge in [0.25, 0.3) is 5.56 Å². The monoisotopic (exact) mass is 441 g/mol. The van der Waals surface area contributed by atoms with Crippen molar-refractivity contribution in [3.05, 3.63) is 74.5 Å². The summed E-state index contributed by atoms with van der Waals surface area (Å²) in [7, 11) is 3.08. The zero-order valence-corrected chi connectivity index (χ0v) is 17.7. The van der Waals surface area contributed by atoms with Crippen molar-refractivity contribution in [3.8, 4) is 28.5 Å². The third-order valence-electron chi connectivity index (χ3n) is 5.25. The quantitative estimate of drug-likeness (QED) is 0.646. The van der Waals surface area contributed by atoms with Crippen molar-refractivity contribution in [1.82, 2.24) is 4.57 Å². The van der Waals surface area contributed by atoms with E-state index in [1.165, 1.54) is 17.7 Å². The number of pyridine rings is 1. The number of rotatable bonds is 5. The summed E-state index contributed by atoms with van der Waals surface area (Å²) in [6, 6.07) is 11.9. The molecule has 4 rings (SSSR count). The number of carboxylic acid groups (broad SMARTS) is 1. The molecule has 1 aliphatic heterocycles. The summed E-state index contributed by atoms with van der Waals surface area (Å²) in [4.78, 5) is 25.0. The summed E-state index contributed by atoms with van der Waals surface area (Å²) in [5, 5.41) is 10.1. The molecule has 0 saturated heterocycles. The number of benzene rings is 2. The van der Waals surface area contributed by atoms with Crippen molar-refractivity contribution in [1.29, 1.82) is 0 Å². The summed E-state index contributed by atoms with van der Waals surface area (Å²) >= 11 is 6.14. The van der Waals surface area contributed by atoms with Gasteiger partial charge in [0.15, 0.2) is 0 Å². The van der Waals surface area contributed by atoms with Crippen LogP contribution in [0.15, 0.2) is 47.3 Å². The highest BCUT2D eigenvalue weighted by molar-refractivity contribution is 6.30. The van der Waals surface area contributed by atoms with Gasteiger partial charge in [0, 0.05) is 28.6 Å². The Morgan fingerprint density at radius 3 is 2.68 bits per heavy atom. The van der Waals surface area contributed by atoms with Crippen LogP contribution in [0.3, 0.4) is 0 Å². The summed E-state index contributed by atoms with van der Waals surface area (Å²) in [5.74, 6) is 0.412. The summed E-state index contributed by atoms with van der Waals surface area (Å²) in [6.07, 6.45) is 0.446. The van der Waals surface area contributed by atoms with E-state index in [4.69, 9.17) is 25.8 Å². The minimum atomic E-state index is -1.27. The van der Waals surface area contributed by atoms with Gasteiger partial charge in [-0.15, -0.1) is 0 Å². The van der Waals surface area contributed by atoms with Crippen LogP contribution in [0, 0.1) is 0 Å². The summed E-state index contributed by atoms with van der Waals surface area (Å²) in [5.41, 5.74) is 1.81. The Labute approximate surface area is 183 Å². The lowest BCUT2D eigenvalue weighted by Gasteiger charge is -2.19. The molecule has 0 saturated carbocycles. The van der Waals surface area contributed by atoms with E-state index in [2.05, 4.69) is 0 Å². The normalized spacial score (nSPS) is 12.2. The molecule has 1 aliphatic rings. The van der Waals surface area contributed by atoms with Crippen LogP contribution in [0.25, 0.3) is 11.3 Å². The Morgan fingerprint density at radius 2 is 1.97 bits per heavy atom. The van der Waals surface area contributed by atoms with Gasteiger partial charge in [-0.25, -0.2) is 4.79 Å². The van der Waals surface area contributed by atoms with Crippen LogP contribution in [0.4, 0.5) is 0 Å². The van der Waals surface area contributed by atoms with Crippen molar-refractivity contribution in [2.75, 3.05) is 20.8 Å². The maximum Gasteiger partial charge on any atom is 0.341 e. The Balaban J connectivity index is 1.98. The first-order valence-corrected chi connectivity index (χ1v) is 9.94. The van der Waals surface area contributed by atoms with Crippen LogP contribution in [0.5, 0.6) is 17.2 Å². The molecule has 160 valence electrons. The predicted octanol–water partition coefficient (Wildman–Crippen LogP) is 3.87. The van der Waals surface area contributed by atoms with Gasteiger partial charge in [-0.2, -0.15) is 0 Å². The third kappa shape index (κ3) is 3.84. The molecule has 0 atom stereocenters. The van der Waals surface area contributed by atoms with Crippen LogP contribution < -0.4 is 19.8 Å². The van der Waals surface area contributed by atoms with E-state index in [1.54, 1.807) is 43.5 Å². The lowest BCUT2D eigenvalue weighted by Crippen LogP contribution is -2.29. The number of carbonyl (C=O) groups is 1. The van der Waals surface area contributed by atoms with Gasteiger partial charge in [-0.05, 0) is 42.0 Å². The topological polar surface area (TPSA) is 87.0 Å². The molecular formula is C23H20ClNO6. The lowest BCUT2D eigenvalue weighted by atomic mass is 10.0. The number of aromatic nitrogens is 1. The third-order valence-corrected chi connectivity index (χ3v) is 5.48. The molecule has 2 aromatic carbocycles. The van der Waals surface area contributed by atoms with Gasteiger partial charge in [0.05, 0.1) is 33.1 Å². The smallest absolute Gasteiger partial charge is 0.341 e. The SMILES string of the molecule is COc1ccc(Cn2c3c(cc(C(=O)O)c2=O)CCOc2cc(Cl)ccc2-3)c(OC)c1. The number of halogens is 1. The fraction of sp³-hybridized carbons (Fsp3) is 0.217. The first-order valence-electron chi connectivity index (χ1n) is 9.56. The van der Waals surface area contributed by atoms with Gasteiger partial charge in [-0.3, -0.25) is 4.79 Å². The Morgan fingerprint density at radius 1 is 1.16 bits per heavy atom. The number of hydrogen-bond donors (Lipinski definition) is 1. The van der Waals surface area contributed by atoms with Crippen molar-refractivity contribution >= 4 is 17.6 Å². The highest BCUT2D eigenvalue weighted by Crippen LogP contribution is 2.37. The van der Waals surface area contributed by atoms with Crippen molar-refractivity contribution in [2.24, 2.45) is 0 Å². The molecule has 1 aromatic heterocycles. The Hall–Kier alpha value is -3.45. The minimum Gasteiger partial charge on any atom is -0.497 e. The minimum absolute atomic E-state index is 0.109. The van der Waals surface area contributed by atoms with E-state index >= 15 is 0 Å². The fourth-order valence-corrected chi connectivity index (χ4v) is 3.93. The Kier molecular flexibility index (Phi) is 5.61. The summed E-state index contributed by atoms with van der Waals surface area (Å²) < 4.78 is 18.0. The molecule has 3 aromatic rings. The van der Waals surface area contributed by atoms with E-state index in [0.717, 1.165) is 0 Å². The molecule has 0 bridgehead atoms. The van der Waals surface area contributed by atoms with Gasteiger partial charge in [-0.1, -0.05) is 11.6 Å². The number of fused-ring (bicyclic) bond motifs is 3. The first kappa shape index (κ1) is 20.8. The molecule has 2 heterocycles. The predicted molar refractivity (Wildman–Crippen MR) is 116 cm³/mol. The lowest BCUT2D eigenvalue weighted by molar-refractivity contribution is 0.0694. The average Bonchev–Trinajstić information content (AvgIpc) is 2.94. The van der Waals surface area contributed by atoms with Crippen LogP contribution >= 0.6 is 11.6 Å². The molecule has 0 spiro atoms. The highest BCUT2D eigenvalue weighted by atomic mass is 35.5. The Bertz CT molecular complexity index is 1230. The second kappa shape index (κ2) is 8.35. The van der Waals surface area contributed by atoms with Gasteiger partial charge in [0.1, 0.15) is 22.8 Å². The fourth-order valence-electron chi connectivity index (χ4n) is 3.77. The molecule has 0 amide bonds. The van der Waals surface area contributed by atoms with Gasteiger partial charge >= 0.3 is 5.97 Å². The second-order valence-electron chi connectivity index (χ2n) is 7.05. The molecule has 0 unspecified atom stereocenters. The number of methoxy groups -OCH3 is 2. The van der Waals surface area contributed by atoms with Crippen LogP contribution in [-0.2, 0) is 13.0 Å². The van der Waals surface area contributed by atoms with Crippen LogP contribution in [0.2, 0.25) is 5.02 Å². The van der Waals surface area contributed by atoms with Crippen LogP contribution in [-0.4, -0.2) is 36.5 Å². The maximum absolute atomic E-state index is 13.2. The molecular weight excluding hydrogens is 422 g/mol. The number of aromatic carboxylic acids is 1. The molecule has 31 heavy (non-hydrogen) atoms. The summed E-state index contributed by atoms with van der Waals surface area (Å²) in [6.45, 7) is 0.445. The molecule has 7 nitrogen and oxygen atoms in total. The van der Waals surface area contributed by atoms with Crippen molar-refractivity contribution in [3.63, 3.8) is 0 Å². The highest BCUT2D eigenvalue weighted by Gasteiger charge is 2.25. The molecule has 1 N–H and O–H groups in total. The number of nitrogens with zero attached hydrogens (tertiary/aromatic N) is 1. The number of ether oxygens (including phenoxy) is 3. The standard InChI is InChI=1S/C23H20ClNO6/c1-29-16-5-3-14(19(11-16)30-2)12-25-21-13(9-18(22(25)26)23(27)28)7-8-31-20-10-15(24)4-6-17(20)21/h3-6,9-11H,7-8,12H2,1-2H3,(H,27,28). The molecule has 0 fully saturated rings. The molecule has 0 aliphatic carbocycles. The van der Waals surface area contributed by atoms with Crippen molar-refractivity contribution < 1.29 is 24.1 Å². The average molecular weight is 442 g/mol. The largest absolute Gasteiger partial charge is 0.497 e. The van der Waals surface area contributed by atoms with E-state index in [-0.39, 0.29) is 12.1 Å². The number of hydrogen-bond acceptors (Lipinski definition) is 5. The zero-order chi connectivity index (χ0) is 22.1. The molecule has 8 heteroatoms. The van der Waals surface area contributed by atoms with E-state index in [9.17, 15) is 14.7 Å². The van der Waals surface area contributed by atoms with Gasteiger partial charge in [0.2, 0.25) is 0 Å². The van der Waals surface area contributed by atoms with E-state index < -0.39 is 11.5 Å². The van der Waals surface area contributed by atoms with Gasteiger partial charge < -0.3 is 23.9 Å². The molecule has 0 radical (unpaired) electrons. The van der Waals surface area contributed by atoms with Crippen molar-refractivity contribution in [2.45, 2.75) is 13.0 Å². The number of carboxylic acids is 1.